The van der Waals surface area contributed by atoms with Crippen LogP contribution < -0.4 is 14.2 Å². The molecule has 0 radical (unpaired) electrons. The lowest BCUT2D eigenvalue weighted by Crippen LogP contribution is -2.08. The first-order valence-electron chi connectivity index (χ1n) is 38.5. The van der Waals surface area contributed by atoms with Crippen LogP contribution >= 0.6 is 0 Å². The highest BCUT2D eigenvalue weighted by Crippen LogP contribution is 2.51. The van der Waals surface area contributed by atoms with E-state index in [1.54, 1.807) is 12.1 Å². The monoisotopic (exact) mass is 1400 g/mol. The van der Waals surface area contributed by atoms with Crippen LogP contribution in [-0.2, 0) is 0 Å². The maximum Gasteiger partial charge on any atom is 0.162 e. The van der Waals surface area contributed by atoms with Crippen LogP contribution in [0.1, 0.15) is 18.0 Å². The van der Waals surface area contributed by atoms with Crippen molar-refractivity contribution in [3.05, 3.63) is 369 Å². The molecule has 8 heterocycles. The van der Waals surface area contributed by atoms with Crippen LogP contribution in [0.3, 0.4) is 0 Å². The van der Waals surface area contributed by atoms with E-state index in [2.05, 4.69) is 164 Å². The lowest BCUT2D eigenvalue weighted by Gasteiger charge is -2.23. The first kappa shape index (κ1) is 57.4. The van der Waals surface area contributed by atoms with Gasteiger partial charge in [-0.1, -0.05) is 285 Å². The molecule has 0 unspecified atom stereocenters. The molecule has 3 aliphatic heterocycles. The molecule has 0 saturated heterocycles. The molecular formula is C97H61N9O3. The Kier molecular flexibility index (Phi) is 13.7. The molecular weight excluding hydrogens is 1340 g/mol. The van der Waals surface area contributed by atoms with Gasteiger partial charge >= 0.3 is 0 Å². The molecule has 0 aliphatic carbocycles. The fourth-order valence-electron chi connectivity index (χ4n) is 15.2. The van der Waals surface area contributed by atoms with Crippen molar-refractivity contribution in [2.45, 2.75) is 0 Å². The number of nitrogens with zero attached hydrogens (tertiary/aromatic N) is 9. The van der Waals surface area contributed by atoms with E-state index < -0.39 is 6.04 Å². The van der Waals surface area contributed by atoms with Gasteiger partial charge in [-0.05, 0) is 118 Å². The molecule has 512 valence electrons. The third-order valence-corrected chi connectivity index (χ3v) is 20.2. The summed E-state index contributed by atoms with van der Waals surface area (Å²) in [6.07, 6.45) is 4.22. The topological polar surface area (TPSA) is 111 Å². The highest BCUT2D eigenvalue weighted by atomic mass is 16.5. The minimum atomic E-state index is -0.394. The summed E-state index contributed by atoms with van der Waals surface area (Å²) in [5.41, 5.74) is 23.1. The standard InChI is InChI=1S/C37H24N2O.C33H19N5O.C27H18N2O/c1-3-9-25(10-4-1)26-17-19-27(20-18-26)28-21-23-29(24-22-28)31-13-7-15-33-36(31)40-34-16-8-14-32-35(34)39(33)37(38-32)30-11-5-2-6-12-30;1-2-10-20(11-3-1)31-36-25-16-9-19-28-29(25)37(31)27-18-8-13-22(30(27)39-28)33-34-23-14-5-4-12-21(23)32-35-24-15-6-7-17-26(24)38(32)33;1-3-9-19(10-4-1)17-18-20-13-7-15-23-26(20)30-24-16-8-14-22-25(24)29(23)27(28-22)21-11-5-2-6-12-21/h1-24H;1-19H;1-18H/b;;18-17+/i1D,3D,4D,9D,10D;;. The Morgan fingerprint density at radius 2 is 0.679 bits per heavy atom. The summed E-state index contributed by atoms with van der Waals surface area (Å²) in [5.74, 6) is 8.17. The Morgan fingerprint density at radius 1 is 0.275 bits per heavy atom. The molecule has 5 aromatic heterocycles. The SMILES string of the molecule is C(=C\c1cccc2c1Oc1cccc3nc(-c4ccccc4)n-2c13)/c1ccccc1.[2H]c1c([2H])c([2H])c(-c2ccc(-c3ccc(-c4cccc5c4Oc4cccc6nc(-c7ccccc7)n-5c46)cc3)cc2)c([2H])c1[2H].c1ccc(-c2nc3cccc4c3n2-c2cccc(-c3nc5ccccc5c5nc6ccccc6n35)c2O4)cc1. The van der Waals surface area contributed by atoms with Crippen LogP contribution in [0.15, 0.2) is 358 Å². The number of aromatic nitrogens is 9. The molecule has 0 bridgehead atoms. The molecule has 12 nitrogen and oxygen atoms in total. The van der Waals surface area contributed by atoms with Gasteiger partial charge in [0.2, 0.25) is 0 Å². The molecule has 0 spiro atoms. The van der Waals surface area contributed by atoms with Gasteiger partial charge in [-0.25, -0.2) is 24.9 Å². The van der Waals surface area contributed by atoms with E-state index in [0.29, 0.717) is 5.56 Å². The van der Waals surface area contributed by atoms with Gasteiger partial charge in [0, 0.05) is 33.2 Å². The number of rotatable bonds is 9. The van der Waals surface area contributed by atoms with Crippen molar-refractivity contribution in [1.82, 2.24) is 43.0 Å². The molecule has 0 N–H and O–H groups in total. The summed E-state index contributed by atoms with van der Waals surface area (Å²) in [6, 6.07) is 108. The average Bonchev–Trinajstić information content (AvgIpc) is 1.48. The molecule has 109 heavy (non-hydrogen) atoms. The van der Waals surface area contributed by atoms with E-state index in [1.807, 2.05) is 182 Å². The van der Waals surface area contributed by atoms with Gasteiger partial charge in [-0.15, -0.1) is 0 Å². The zero-order valence-corrected chi connectivity index (χ0v) is 58.1. The third kappa shape index (κ3) is 10.7. The molecule has 12 heteroatoms. The highest BCUT2D eigenvalue weighted by molar-refractivity contribution is 6.01. The normalized spacial score (nSPS) is 12.7. The van der Waals surface area contributed by atoms with Crippen molar-refractivity contribution in [1.29, 1.82) is 0 Å². The van der Waals surface area contributed by atoms with Gasteiger partial charge in [0.05, 0.1) is 62.6 Å². The Bertz CT molecular complexity index is 7280. The van der Waals surface area contributed by atoms with Gasteiger partial charge in [0.1, 0.15) is 39.7 Å². The quantitative estimate of drug-likeness (QED) is 0.131. The second kappa shape index (κ2) is 26.0. The number of benzene rings is 15. The van der Waals surface area contributed by atoms with Crippen molar-refractivity contribution in [2.24, 2.45) is 0 Å². The molecule has 20 aromatic rings. The number of hydrogen-bond donors (Lipinski definition) is 0. The van der Waals surface area contributed by atoms with Gasteiger partial charge in [-0.3, -0.25) is 18.1 Å². The van der Waals surface area contributed by atoms with Gasteiger partial charge in [-0.2, -0.15) is 0 Å². The highest BCUT2D eigenvalue weighted by Gasteiger charge is 2.32. The molecule has 0 saturated carbocycles. The summed E-state index contributed by atoms with van der Waals surface area (Å²) in [6.45, 7) is 0. The minimum Gasteiger partial charge on any atom is -0.452 e. The van der Waals surface area contributed by atoms with Crippen LogP contribution in [0.4, 0.5) is 0 Å². The summed E-state index contributed by atoms with van der Waals surface area (Å²) < 4.78 is 68.9. The average molecular weight is 1410 g/mol. The largest absolute Gasteiger partial charge is 0.452 e. The molecule has 0 atom stereocenters. The van der Waals surface area contributed by atoms with Crippen LogP contribution in [0.2, 0.25) is 0 Å². The van der Waals surface area contributed by atoms with E-state index in [-0.39, 0.29) is 29.7 Å². The Hall–Kier alpha value is -15.0. The minimum absolute atomic E-state index is 0.198. The maximum absolute atomic E-state index is 8.29. The Labute approximate surface area is 632 Å². The van der Waals surface area contributed by atoms with E-state index in [0.717, 1.165) is 191 Å². The number of ether oxygens (including phenoxy) is 3. The predicted octanol–water partition coefficient (Wildman–Crippen LogP) is 24.6. The second-order valence-corrected chi connectivity index (χ2v) is 26.7. The van der Waals surface area contributed by atoms with Crippen LogP contribution in [0.5, 0.6) is 34.5 Å². The molecule has 0 fully saturated rings. The number of hydrogen-bond acceptors (Lipinski definition) is 8. The number of fused-ring (bicyclic) bond motifs is 11. The number of para-hydroxylation sites is 9. The summed E-state index contributed by atoms with van der Waals surface area (Å²) in [7, 11) is 0. The lowest BCUT2D eigenvalue weighted by molar-refractivity contribution is 0.474. The van der Waals surface area contributed by atoms with Crippen LogP contribution in [0, 0.1) is 0 Å². The summed E-state index contributed by atoms with van der Waals surface area (Å²) in [5, 5.41) is 1.01. The molecule has 23 rings (SSSR count). The van der Waals surface area contributed by atoms with Crippen molar-refractivity contribution < 1.29 is 21.1 Å². The number of imidazole rings is 4. The van der Waals surface area contributed by atoms with Crippen molar-refractivity contribution in [3.8, 4) is 130 Å². The van der Waals surface area contributed by atoms with Gasteiger partial charge < -0.3 is 14.2 Å². The van der Waals surface area contributed by atoms with E-state index >= 15 is 0 Å². The fraction of sp³-hybridized carbons (Fsp3) is 0. The van der Waals surface area contributed by atoms with E-state index in [9.17, 15) is 0 Å². The van der Waals surface area contributed by atoms with Gasteiger partial charge in [0.25, 0.3) is 0 Å². The summed E-state index contributed by atoms with van der Waals surface area (Å²) >= 11 is 0. The fourth-order valence-corrected chi connectivity index (χ4v) is 15.2. The first-order valence-corrected chi connectivity index (χ1v) is 36.0. The van der Waals surface area contributed by atoms with E-state index in [4.69, 9.17) is 46.0 Å². The smallest absolute Gasteiger partial charge is 0.162 e. The van der Waals surface area contributed by atoms with Crippen molar-refractivity contribution >= 4 is 72.8 Å². The predicted molar refractivity (Wildman–Crippen MR) is 438 cm³/mol. The second-order valence-electron chi connectivity index (χ2n) is 26.7. The molecule has 0 amide bonds. The lowest BCUT2D eigenvalue weighted by atomic mass is 9.97. The van der Waals surface area contributed by atoms with Gasteiger partial charge in [0.15, 0.2) is 40.3 Å². The third-order valence-electron chi connectivity index (χ3n) is 20.2. The zero-order chi connectivity index (χ0) is 76.2. The maximum atomic E-state index is 8.29. The van der Waals surface area contributed by atoms with Crippen LogP contribution in [-0.4, -0.2) is 43.0 Å². The molecule has 3 aliphatic rings. The first-order chi connectivity index (χ1) is 56.1. The van der Waals surface area contributed by atoms with E-state index in [1.165, 1.54) is 0 Å². The zero-order valence-electron chi connectivity index (χ0n) is 63.1. The Balaban J connectivity index is 0.000000109. The summed E-state index contributed by atoms with van der Waals surface area (Å²) in [4.78, 5) is 25.2. The van der Waals surface area contributed by atoms with Crippen molar-refractivity contribution in [3.63, 3.8) is 0 Å². The van der Waals surface area contributed by atoms with Crippen molar-refractivity contribution in [2.75, 3.05) is 0 Å². The van der Waals surface area contributed by atoms with Crippen LogP contribution in [0.25, 0.3) is 169 Å². The Morgan fingerprint density at radius 3 is 1.22 bits per heavy atom. The molecule has 15 aromatic carbocycles.